The van der Waals surface area contributed by atoms with Crippen LogP contribution in [0.4, 0.5) is 0 Å². The molecule has 0 atom stereocenters. The van der Waals surface area contributed by atoms with Crippen molar-refractivity contribution in [2.75, 3.05) is 7.11 Å². The Labute approximate surface area is 67.3 Å². The molecule has 0 saturated heterocycles. The Hall–Kier alpha value is -1.10. The third-order valence-corrected chi connectivity index (χ3v) is 1.89. The van der Waals surface area contributed by atoms with Crippen LogP contribution in [0.3, 0.4) is 0 Å². The van der Waals surface area contributed by atoms with Gasteiger partial charge in [-0.1, -0.05) is 0 Å². The fourth-order valence-electron chi connectivity index (χ4n) is 0.585. The molecule has 0 aromatic rings. The molecule has 0 bridgehead atoms. The maximum absolute atomic E-state index is 10.7. The Morgan fingerprint density at radius 2 is 2.18 bits per heavy atom. The average molecular weight is 174 g/mol. The quantitative estimate of drug-likeness (QED) is 0.337. The number of aliphatic carboxylic acids is 1. The predicted molar refractivity (Wildman–Crippen MR) is 42.5 cm³/mol. The Morgan fingerprint density at radius 3 is 2.45 bits per heavy atom. The largest absolute Gasteiger partial charge is 0.478 e. The molecule has 5 heteroatoms. The summed E-state index contributed by atoms with van der Waals surface area (Å²) in [5.74, 6) is -1.66. The fourth-order valence-corrected chi connectivity index (χ4v) is 1.08. The highest BCUT2D eigenvalue weighted by Gasteiger charge is 2.07. The van der Waals surface area contributed by atoms with E-state index in [-0.39, 0.29) is 5.57 Å². The number of carbonyl (C=O) groups is 2. The summed E-state index contributed by atoms with van der Waals surface area (Å²) >= 11 is 0. The highest BCUT2D eigenvalue weighted by molar-refractivity contribution is 6.15. The zero-order chi connectivity index (χ0) is 8.85. The van der Waals surface area contributed by atoms with Crippen molar-refractivity contribution < 1.29 is 19.4 Å². The minimum absolute atomic E-state index is 0.228. The van der Waals surface area contributed by atoms with Crippen LogP contribution in [-0.4, -0.2) is 34.4 Å². The predicted octanol–water partition coefficient (Wildman–Crippen LogP) is -1.05. The number of carboxylic acids is 1. The van der Waals surface area contributed by atoms with E-state index in [2.05, 4.69) is 4.74 Å². The molecule has 0 aliphatic heterocycles. The molecule has 11 heavy (non-hydrogen) atoms. The van der Waals surface area contributed by atoms with Gasteiger partial charge in [-0.25, -0.2) is 9.59 Å². The molecule has 0 spiro atoms. The van der Waals surface area contributed by atoms with E-state index in [0.717, 1.165) is 16.3 Å². The summed E-state index contributed by atoms with van der Waals surface area (Å²) in [6, 6.07) is 0.499. The highest BCUT2D eigenvalue weighted by Crippen LogP contribution is 2.00. The Bertz CT molecular complexity index is 197. The van der Waals surface area contributed by atoms with E-state index in [4.69, 9.17) is 5.11 Å². The summed E-state index contributed by atoms with van der Waals surface area (Å²) in [7, 11) is 1.98. The average Bonchev–Trinajstić information content (AvgIpc) is 1.98. The molecule has 0 unspecified atom stereocenters. The van der Waals surface area contributed by atoms with Gasteiger partial charge in [0.1, 0.15) is 0 Å². The van der Waals surface area contributed by atoms with Crippen LogP contribution in [-0.2, 0) is 14.3 Å². The Balaban J connectivity index is 4.39. The SMILES string of the molecule is COC(=O)/C(=C\C(=O)O)C[SiH3]. The lowest BCUT2D eigenvalue weighted by atomic mass is 10.3. The molecule has 4 nitrogen and oxygen atoms in total. The molecule has 0 aliphatic rings. The number of carboxylic acid groups (broad SMARTS) is 1. The van der Waals surface area contributed by atoms with Crippen LogP contribution in [0.25, 0.3) is 0 Å². The van der Waals surface area contributed by atoms with E-state index in [1.54, 1.807) is 0 Å². The molecule has 0 amide bonds. The van der Waals surface area contributed by atoms with Crippen molar-refractivity contribution in [1.82, 2.24) is 0 Å². The molecular formula is C6H10O4Si. The standard InChI is InChI=1S/C6H10O4Si/c1-10-6(9)4(3-11)2-5(7)8/h2H,3H2,1,11H3,(H,7,8)/b4-2-. The highest BCUT2D eigenvalue weighted by atomic mass is 28.1. The minimum atomic E-state index is -1.11. The normalized spacial score (nSPS) is 11.2. The van der Waals surface area contributed by atoms with Crippen LogP contribution in [0, 0.1) is 0 Å². The number of ether oxygens (including phenoxy) is 1. The van der Waals surface area contributed by atoms with Crippen molar-refractivity contribution in [2.24, 2.45) is 0 Å². The number of methoxy groups -OCH3 is 1. The van der Waals surface area contributed by atoms with Gasteiger partial charge in [-0.3, -0.25) is 0 Å². The molecule has 0 aromatic carbocycles. The first kappa shape index (κ1) is 9.90. The van der Waals surface area contributed by atoms with Gasteiger partial charge in [0.2, 0.25) is 0 Å². The second-order valence-corrected chi connectivity index (χ2v) is 2.56. The Morgan fingerprint density at radius 1 is 1.64 bits per heavy atom. The van der Waals surface area contributed by atoms with E-state index in [1.165, 1.54) is 7.11 Å². The summed E-state index contributed by atoms with van der Waals surface area (Å²) in [6.45, 7) is 0. The number of hydrogen-bond acceptors (Lipinski definition) is 3. The second-order valence-electron chi connectivity index (χ2n) is 1.85. The number of esters is 1. The fraction of sp³-hybridized carbons (Fsp3) is 0.333. The summed E-state index contributed by atoms with van der Waals surface area (Å²) < 4.78 is 4.36. The van der Waals surface area contributed by atoms with Crippen LogP contribution in [0.5, 0.6) is 0 Å². The number of hydrogen-bond donors (Lipinski definition) is 1. The summed E-state index contributed by atoms with van der Waals surface area (Å²) in [5.41, 5.74) is 0.228. The molecule has 0 heterocycles. The van der Waals surface area contributed by atoms with Gasteiger partial charge in [0.25, 0.3) is 0 Å². The van der Waals surface area contributed by atoms with Crippen LogP contribution in [0.2, 0.25) is 6.04 Å². The van der Waals surface area contributed by atoms with Gasteiger partial charge < -0.3 is 9.84 Å². The molecular weight excluding hydrogens is 164 g/mol. The molecule has 1 N–H and O–H groups in total. The van der Waals surface area contributed by atoms with E-state index in [0.29, 0.717) is 6.04 Å². The van der Waals surface area contributed by atoms with E-state index < -0.39 is 11.9 Å². The maximum atomic E-state index is 10.7. The lowest BCUT2D eigenvalue weighted by Gasteiger charge is -1.98. The van der Waals surface area contributed by atoms with Gasteiger partial charge in [-0.2, -0.15) is 0 Å². The summed E-state index contributed by atoms with van der Waals surface area (Å²) in [4.78, 5) is 20.9. The van der Waals surface area contributed by atoms with Crippen molar-refractivity contribution in [3.05, 3.63) is 11.6 Å². The van der Waals surface area contributed by atoms with Crippen LogP contribution in [0.15, 0.2) is 11.6 Å². The molecule has 0 fully saturated rings. The number of rotatable bonds is 3. The van der Waals surface area contributed by atoms with Gasteiger partial charge in [0, 0.05) is 21.9 Å². The van der Waals surface area contributed by atoms with Gasteiger partial charge in [0.05, 0.1) is 7.11 Å². The van der Waals surface area contributed by atoms with Crippen LogP contribution < -0.4 is 0 Å². The smallest absolute Gasteiger partial charge is 0.333 e. The van der Waals surface area contributed by atoms with Crippen molar-refractivity contribution in [3.8, 4) is 0 Å². The van der Waals surface area contributed by atoms with Crippen molar-refractivity contribution >= 4 is 22.2 Å². The van der Waals surface area contributed by atoms with E-state index in [9.17, 15) is 9.59 Å². The van der Waals surface area contributed by atoms with Gasteiger partial charge in [0.15, 0.2) is 0 Å². The van der Waals surface area contributed by atoms with Crippen molar-refractivity contribution in [2.45, 2.75) is 6.04 Å². The molecule has 0 rings (SSSR count). The van der Waals surface area contributed by atoms with Crippen molar-refractivity contribution in [1.29, 1.82) is 0 Å². The Kier molecular flexibility index (Phi) is 4.20. The van der Waals surface area contributed by atoms with Gasteiger partial charge in [-0.15, -0.1) is 0 Å². The maximum Gasteiger partial charge on any atom is 0.333 e. The third-order valence-electron chi connectivity index (χ3n) is 1.13. The van der Waals surface area contributed by atoms with Gasteiger partial charge >= 0.3 is 11.9 Å². The van der Waals surface area contributed by atoms with Crippen LogP contribution >= 0.6 is 0 Å². The summed E-state index contributed by atoms with van der Waals surface area (Å²) in [6.07, 6.45) is 0.888. The minimum Gasteiger partial charge on any atom is -0.478 e. The number of carbonyl (C=O) groups excluding carboxylic acids is 1. The first-order chi connectivity index (χ1) is 5.11. The van der Waals surface area contributed by atoms with Crippen LogP contribution in [0.1, 0.15) is 0 Å². The third kappa shape index (κ3) is 3.56. The lowest BCUT2D eigenvalue weighted by molar-refractivity contribution is -0.137. The zero-order valence-corrected chi connectivity index (χ0v) is 8.46. The zero-order valence-electron chi connectivity index (χ0n) is 6.46. The van der Waals surface area contributed by atoms with E-state index >= 15 is 0 Å². The molecule has 0 radical (unpaired) electrons. The molecule has 0 aliphatic carbocycles. The van der Waals surface area contributed by atoms with E-state index in [1.807, 2.05) is 0 Å². The lowest BCUT2D eigenvalue weighted by Crippen LogP contribution is -2.06. The molecule has 0 aromatic heterocycles. The topological polar surface area (TPSA) is 63.6 Å². The molecule has 0 saturated carbocycles. The van der Waals surface area contributed by atoms with Crippen molar-refractivity contribution in [3.63, 3.8) is 0 Å². The molecule has 62 valence electrons. The van der Waals surface area contributed by atoms with Gasteiger partial charge in [-0.05, 0) is 6.04 Å². The first-order valence-electron chi connectivity index (χ1n) is 3.13. The second kappa shape index (κ2) is 4.67. The first-order valence-corrected chi connectivity index (χ1v) is 4.55. The summed E-state index contributed by atoms with van der Waals surface area (Å²) in [5, 5.41) is 8.29. The monoisotopic (exact) mass is 174 g/mol.